The average molecular weight is 379 g/mol. The molecule has 146 valence electrons. The molecule has 2 aromatic heterocycles. The zero-order valence-corrected chi connectivity index (χ0v) is 16.4. The maximum atomic E-state index is 12.7. The number of carbonyl (C=O) groups excluding carboxylic acids is 1. The van der Waals surface area contributed by atoms with E-state index in [1.54, 1.807) is 31.3 Å². The molecule has 28 heavy (non-hydrogen) atoms. The summed E-state index contributed by atoms with van der Waals surface area (Å²) in [7, 11) is 5.41. The van der Waals surface area contributed by atoms with Crippen LogP contribution in [0.5, 0.6) is 0 Å². The van der Waals surface area contributed by atoms with Gasteiger partial charge in [-0.25, -0.2) is 0 Å². The van der Waals surface area contributed by atoms with Gasteiger partial charge in [0.2, 0.25) is 0 Å². The minimum atomic E-state index is -0.251. The summed E-state index contributed by atoms with van der Waals surface area (Å²) in [6.07, 6.45) is 3.50. The molecule has 8 heteroatoms. The monoisotopic (exact) mass is 379 g/mol. The maximum absolute atomic E-state index is 12.7. The quantitative estimate of drug-likeness (QED) is 0.504. The topological polar surface area (TPSA) is 95.9 Å². The Morgan fingerprint density at radius 3 is 2.18 bits per heavy atom. The number of carbonyl (C=O) groups is 1. The fraction of sp³-hybridized carbons (Fsp3) is 0.250. The molecule has 0 fully saturated rings. The van der Waals surface area contributed by atoms with Crippen molar-refractivity contribution in [2.45, 2.75) is 13.0 Å². The number of pyridine rings is 1. The van der Waals surface area contributed by atoms with E-state index in [-0.39, 0.29) is 11.9 Å². The van der Waals surface area contributed by atoms with Crippen molar-refractivity contribution in [3.63, 3.8) is 0 Å². The van der Waals surface area contributed by atoms with Gasteiger partial charge in [0.25, 0.3) is 5.91 Å². The Labute approximate surface area is 164 Å². The molecule has 3 rings (SSSR count). The van der Waals surface area contributed by atoms with Crippen molar-refractivity contribution in [2.75, 3.05) is 37.2 Å². The van der Waals surface area contributed by atoms with Crippen LogP contribution in [0.3, 0.4) is 0 Å². The Bertz CT molecular complexity index is 935. The first-order valence-electron chi connectivity index (χ1n) is 9.06. The summed E-state index contributed by atoms with van der Waals surface area (Å²) in [5.74, 6) is 1.34. The summed E-state index contributed by atoms with van der Waals surface area (Å²) in [5.41, 5.74) is 6.57. The fourth-order valence-corrected chi connectivity index (χ4v) is 3.14. The fourth-order valence-electron chi connectivity index (χ4n) is 3.14. The summed E-state index contributed by atoms with van der Waals surface area (Å²) in [5, 5.41) is 13.7. The molecule has 0 aliphatic carbocycles. The van der Waals surface area contributed by atoms with Gasteiger partial charge in [-0.3, -0.25) is 9.78 Å². The second kappa shape index (κ2) is 8.43. The van der Waals surface area contributed by atoms with Crippen molar-refractivity contribution in [1.82, 2.24) is 20.2 Å². The van der Waals surface area contributed by atoms with E-state index >= 15 is 0 Å². The lowest BCUT2D eigenvalue weighted by Gasteiger charge is -2.16. The normalized spacial score (nSPS) is 11.6. The van der Waals surface area contributed by atoms with Gasteiger partial charge in [0.05, 0.1) is 11.6 Å². The van der Waals surface area contributed by atoms with Crippen LogP contribution in [0.15, 0.2) is 48.8 Å². The van der Waals surface area contributed by atoms with E-state index in [1.165, 1.54) is 0 Å². The van der Waals surface area contributed by atoms with Crippen molar-refractivity contribution < 1.29 is 4.79 Å². The van der Waals surface area contributed by atoms with E-state index in [0.29, 0.717) is 11.4 Å². The molecule has 0 bridgehead atoms. The lowest BCUT2D eigenvalue weighted by Crippen LogP contribution is -2.27. The van der Waals surface area contributed by atoms with E-state index in [1.807, 2.05) is 50.4 Å². The standard InChI is InChI=1S/C20H25N7O/c1-13(17-18(21-2)26-27(23-4)19(17)22-3)25-20(28)16-7-5-14(6-8-16)15-9-11-24-12-10-15/h5-13,22-23H,1-4H3,(H,21,26)(H,25,28). The predicted octanol–water partition coefficient (Wildman–Crippen LogP) is 2.69. The van der Waals surface area contributed by atoms with Crippen LogP contribution in [-0.4, -0.2) is 41.9 Å². The zero-order valence-electron chi connectivity index (χ0n) is 16.4. The van der Waals surface area contributed by atoms with Crippen LogP contribution in [-0.2, 0) is 0 Å². The lowest BCUT2D eigenvalue weighted by molar-refractivity contribution is 0.0940. The summed E-state index contributed by atoms with van der Waals surface area (Å²) in [6, 6.07) is 11.2. The minimum Gasteiger partial charge on any atom is -0.371 e. The Kier molecular flexibility index (Phi) is 5.78. The van der Waals surface area contributed by atoms with Crippen LogP contribution < -0.4 is 21.4 Å². The highest BCUT2D eigenvalue weighted by Crippen LogP contribution is 2.29. The molecular formula is C20H25N7O. The van der Waals surface area contributed by atoms with Crippen molar-refractivity contribution in [1.29, 1.82) is 0 Å². The van der Waals surface area contributed by atoms with Gasteiger partial charge in [0, 0.05) is 39.1 Å². The Morgan fingerprint density at radius 1 is 0.964 bits per heavy atom. The van der Waals surface area contributed by atoms with Gasteiger partial charge in [-0.15, -0.1) is 5.10 Å². The van der Waals surface area contributed by atoms with Crippen LogP contribution in [0.25, 0.3) is 11.1 Å². The molecule has 1 amide bonds. The third-order valence-corrected chi connectivity index (χ3v) is 4.55. The van der Waals surface area contributed by atoms with Gasteiger partial charge in [0.1, 0.15) is 0 Å². The summed E-state index contributed by atoms with van der Waals surface area (Å²) in [6.45, 7) is 1.93. The van der Waals surface area contributed by atoms with Gasteiger partial charge in [0.15, 0.2) is 11.6 Å². The van der Waals surface area contributed by atoms with Crippen molar-refractivity contribution in [2.24, 2.45) is 0 Å². The van der Waals surface area contributed by atoms with Crippen molar-refractivity contribution >= 4 is 17.5 Å². The van der Waals surface area contributed by atoms with Gasteiger partial charge < -0.3 is 21.4 Å². The number of hydrogen-bond donors (Lipinski definition) is 4. The van der Waals surface area contributed by atoms with E-state index in [2.05, 4.69) is 31.5 Å². The molecule has 0 saturated carbocycles. The van der Waals surface area contributed by atoms with E-state index in [4.69, 9.17) is 0 Å². The SMILES string of the molecule is CNc1nn(NC)c(NC)c1C(C)NC(=O)c1ccc(-c2ccncc2)cc1. The van der Waals surface area contributed by atoms with Crippen molar-refractivity contribution in [3.8, 4) is 11.1 Å². The predicted molar refractivity (Wildman–Crippen MR) is 112 cm³/mol. The van der Waals surface area contributed by atoms with Gasteiger partial charge >= 0.3 is 0 Å². The van der Waals surface area contributed by atoms with E-state index in [9.17, 15) is 4.79 Å². The van der Waals surface area contributed by atoms with Crippen LogP contribution >= 0.6 is 0 Å². The number of rotatable bonds is 7. The first kappa shape index (κ1) is 19.2. The molecule has 2 heterocycles. The molecule has 1 aromatic carbocycles. The van der Waals surface area contributed by atoms with Crippen LogP contribution in [0.4, 0.5) is 11.6 Å². The van der Waals surface area contributed by atoms with E-state index in [0.717, 1.165) is 22.5 Å². The highest BCUT2D eigenvalue weighted by Gasteiger charge is 2.23. The molecule has 4 N–H and O–H groups in total. The summed E-state index contributed by atoms with van der Waals surface area (Å²) in [4.78, 5) is 18.4. The molecule has 0 spiro atoms. The van der Waals surface area contributed by atoms with Crippen molar-refractivity contribution in [3.05, 3.63) is 59.9 Å². The molecule has 3 aromatic rings. The molecule has 1 atom stereocenters. The molecule has 0 saturated heterocycles. The van der Waals surface area contributed by atoms with Gasteiger partial charge in [-0.1, -0.05) is 12.1 Å². The maximum Gasteiger partial charge on any atom is 0.251 e. The molecule has 1 unspecified atom stereocenters. The number of anilines is 2. The molecular weight excluding hydrogens is 354 g/mol. The van der Waals surface area contributed by atoms with Crippen LogP contribution in [0, 0.1) is 0 Å². The third-order valence-electron chi connectivity index (χ3n) is 4.55. The zero-order chi connectivity index (χ0) is 20.1. The molecule has 8 nitrogen and oxygen atoms in total. The van der Waals surface area contributed by atoms with Crippen LogP contribution in [0.1, 0.15) is 28.9 Å². The third kappa shape index (κ3) is 3.75. The van der Waals surface area contributed by atoms with Gasteiger partial charge in [-0.05, 0) is 42.3 Å². The average Bonchev–Trinajstić information content (AvgIpc) is 3.12. The van der Waals surface area contributed by atoms with Gasteiger partial charge in [-0.2, -0.15) is 4.79 Å². The molecule has 0 aliphatic heterocycles. The number of hydrogen-bond acceptors (Lipinski definition) is 6. The molecule has 0 aliphatic rings. The highest BCUT2D eigenvalue weighted by molar-refractivity contribution is 5.95. The van der Waals surface area contributed by atoms with Crippen LogP contribution in [0.2, 0.25) is 0 Å². The number of benzene rings is 1. The number of nitrogens with one attached hydrogen (secondary N) is 4. The van der Waals surface area contributed by atoms with E-state index < -0.39 is 0 Å². The second-order valence-electron chi connectivity index (χ2n) is 6.25. The molecule has 0 radical (unpaired) electrons. The highest BCUT2D eigenvalue weighted by atomic mass is 16.1. The largest absolute Gasteiger partial charge is 0.371 e. The Balaban J connectivity index is 1.79. The summed E-state index contributed by atoms with van der Waals surface area (Å²) < 4.78 is 0. The number of aromatic nitrogens is 3. The minimum absolute atomic E-state index is 0.143. The second-order valence-corrected chi connectivity index (χ2v) is 6.25. The first-order valence-corrected chi connectivity index (χ1v) is 9.06. The Morgan fingerprint density at radius 2 is 1.61 bits per heavy atom. The number of amides is 1. The Hall–Kier alpha value is -3.55. The first-order chi connectivity index (χ1) is 13.6. The lowest BCUT2D eigenvalue weighted by atomic mass is 10.0. The smallest absolute Gasteiger partial charge is 0.251 e. The summed E-state index contributed by atoms with van der Waals surface area (Å²) >= 11 is 0. The number of nitrogens with zero attached hydrogens (tertiary/aromatic N) is 3.